The lowest BCUT2D eigenvalue weighted by atomic mass is 10.2. The van der Waals surface area contributed by atoms with Gasteiger partial charge in [0.15, 0.2) is 12.5 Å². The molecule has 0 saturated heterocycles. The van der Waals surface area contributed by atoms with Gasteiger partial charge in [0, 0.05) is 6.42 Å². The van der Waals surface area contributed by atoms with Crippen LogP contribution in [-0.4, -0.2) is 16.3 Å². The van der Waals surface area contributed by atoms with Gasteiger partial charge < -0.3 is 14.7 Å². The number of carboxylic acids is 1. The van der Waals surface area contributed by atoms with Gasteiger partial charge in [-0.25, -0.2) is 0 Å². The van der Waals surface area contributed by atoms with Gasteiger partial charge in [-0.05, 0) is 6.42 Å². The van der Waals surface area contributed by atoms with E-state index in [2.05, 4.69) is 16.7 Å². The van der Waals surface area contributed by atoms with Gasteiger partial charge in [0.1, 0.15) is 6.42 Å². The molecule has 1 N–H and O–H groups in total. The lowest BCUT2D eigenvalue weighted by Gasteiger charge is -1.96. The zero-order chi connectivity index (χ0) is 12.0. The molecule has 6 nitrogen and oxygen atoms in total. The van der Waals surface area contributed by atoms with E-state index in [0.29, 0.717) is 6.54 Å². The van der Waals surface area contributed by atoms with E-state index in [0.717, 1.165) is 25.7 Å². The highest BCUT2D eigenvalue weighted by atomic mass is 16.6. The predicted octanol–water partition coefficient (Wildman–Crippen LogP) is 0.243. The first kappa shape index (κ1) is 12.5. The number of hydrogen-bond donors (Lipinski definition) is 1. The first-order valence-electron chi connectivity index (χ1n) is 5.42. The van der Waals surface area contributed by atoms with Crippen LogP contribution in [0.4, 0.5) is 0 Å². The van der Waals surface area contributed by atoms with E-state index in [1.165, 1.54) is 4.68 Å². The molecule has 0 amide bonds. The molecule has 1 heterocycles. The molecule has 90 valence electrons. The van der Waals surface area contributed by atoms with Crippen LogP contribution in [0.2, 0.25) is 0 Å². The van der Waals surface area contributed by atoms with Gasteiger partial charge in [-0.3, -0.25) is 4.79 Å². The van der Waals surface area contributed by atoms with Crippen molar-refractivity contribution in [3.8, 4) is 5.95 Å². The summed E-state index contributed by atoms with van der Waals surface area (Å²) in [6.07, 6.45) is 3.82. The second-order valence-electron chi connectivity index (χ2n) is 3.66. The predicted molar refractivity (Wildman–Crippen MR) is 51.6 cm³/mol. The number of hydrogen-bond acceptors (Lipinski definition) is 4. The molecule has 0 atom stereocenters. The second kappa shape index (κ2) is 6.09. The monoisotopic (exact) mass is 228 g/mol. The fraction of sp³-hybridized carbons (Fsp3) is 0.700. The molecule has 0 fully saturated rings. The molecule has 0 aliphatic carbocycles. The van der Waals surface area contributed by atoms with Gasteiger partial charge in [0.25, 0.3) is 0 Å². The molecule has 16 heavy (non-hydrogen) atoms. The maximum absolute atomic E-state index is 11.2. The zero-order valence-corrected chi connectivity index (χ0v) is 9.31. The summed E-state index contributed by atoms with van der Waals surface area (Å²) in [5, 5.41) is 23.3. The van der Waals surface area contributed by atoms with Gasteiger partial charge in [0.05, 0.1) is 5.27 Å². The molecule has 1 aromatic heterocycles. The average Bonchev–Trinajstić information content (AvgIpc) is 2.56. The number of carbonyl (C=O) groups is 1. The highest BCUT2D eigenvalue weighted by Crippen LogP contribution is 2.08. The van der Waals surface area contributed by atoms with Crippen LogP contribution in [0.15, 0.2) is 4.52 Å². The average molecular weight is 228 g/mol. The number of aromatic nitrogens is 2. The summed E-state index contributed by atoms with van der Waals surface area (Å²) in [6.45, 7) is 2.64. The number of aryl methyl sites for hydroxylation is 1. The van der Waals surface area contributed by atoms with Crippen molar-refractivity contribution in [1.29, 1.82) is 0 Å². The minimum absolute atomic E-state index is 0.115. The van der Waals surface area contributed by atoms with Crippen LogP contribution in [0.3, 0.4) is 0 Å². The Labute approximate surface area is 93.5 Å². The Morgan fingerprint density at radius 2 is 2.25 bits per heavy atom. The highest BCUT2D eigenvalue weighted by Gasteiger charge is 2.19. The number of aliphatic carboxylic acids is 1. The van der Waals surface area contributed by atoms with Crippen molar-refractivity contribution >= 4 is 5.97 Å². The third-order valence-electron chi connectivity index (χ3n) is 2.31. The Hall–Kier alpha value is -1.59. The maximum atomic E-state index is 11.2. The summed E-state index contributed by atoms with van der Waals surface area (Å²) in [5.41, 5.74) is 0.115. The lowest BCUT2D eigenvalue weighted by molar-refractivity contribution is -0.768. The van der Waals surface area contributed by atoms with Crippen molar-refractivity contribution in [3.05, 3.63) is 5.69 Å². The lowest BCUT2D eigenvalue weighted by Crippen LogP contribution is -2.40. The van der Waals surface area contributed by atoms with E-state index in [-0.39, 0.29) is 12.1 Å². The van der Waals surface area contributed by atoms with Crippen LogP contribution in [-0.2, 0) is 17.8 Å². The summed E-state index contributed by atoms with van der Waals surface area (Å²) in [4.78, 5) is 10.5. The van der Waals surface area contributed by atoms with Crippen LogP contribution in [0.5, 0.6) is 5.95 Å². The molecule has 6 heteroatoms. The minimum Gasteiger partial charge on any atom is -0.539 e. The standard InChI is InChI=1S/C10H16N2O4/c1-2-3-4-5-6-12-8(7-9(13)14)10(15)16-11-12/h2-7H2,1H3,(H-,11,13,14,15). The second-order valence-corrected chi connectivity index (χ2v) is 3.66. The number of nitrogens with zero attached hydrogens (tertiary/aromatic N) is 2. The third-order valence-corrected chi connectivity index (χ3v) is 2.31. The molecule has 0 aromatic carbocycles. The molecule has 0 radical (unpaired) electrons. The van der Waals surface area contributed by atoms with E-state index in [1.54, 1.807) is 0 Å². The van der Waals surface area contributed by atoms with E-state index in [4.69, 9.17) is 5.11 Å². The summed E-state index contributed by atoms with van der Waals surface area (Å²) in [5.74, 6) is -1.71. The van der Waals surface area contributed by atoms with Crippen LogP contribution in [0.25, 0.3) is 0 Å². The Morgan fingerprint density at radius 1 is 1.50 bits per heavy atom. The maximum Gasteiger partial charge on any atom is 0.314 e. The molecule has 0 saturated carbocycles. The smallest absolute Gasteiger partial charge is 0.314 e. The fourth-order valence-electron chi connectivity index (χ4n) is 1.46. The molecule has 1 aromatic rings. The summed E-state index contributed by atoms with van der Waals surface area (Å²) < 4.78 is 5.80. The topological polar surface area (TPSA) is 90.3 Å². The van der Waals surface area contributed by atoms with Gasteiger partial charge in [-0.1, -0.05) is 24.4 Å². The molecule has 1 rings (SSSR count). The summed E-state index contributed by atoms with van der Waals surface area (Å²) in [7, 11) is 0. The van der Waals surface area contributed by atoms with Gasteiger partial charge in [0.2, 0.25) is 5.69 Å². The van der Waals surface area contributed by atoms with Crippen molar-refractivity contribution in [1.82, 2.24) is 5.27 Å². The Bertz CT molecular complexity index is 349. The first-order chi connectivity index (χ1) is 7.65. The van der Waals surface area contributed by atoms with Gasteiger partial charge >= 0.3 is 5.97 Å². The van der Waals surface area contributed by atoms with Crippen LogP contribution in [0.1, 0.15) is 38.3 Å². The first-order valence-corrected chi connectivity index (χ1v) is 5.42. The van der Waals surface area contributed by atoms with Crippen molar-refractivity contribution in [2.45, 2.75) is 45.6 Å². The van der Waals surface area contributed by atoms with Crippen molar-refractivity contribution in [3.63, 3.8) is 0 Å². The number of rotatable bonds is 7. The Balaban J connectivity index is 2.54. The molecule has 0 bridgehead atoms. The number of carboxylic acid groups (broad SMARTS) is 1. The number of unbranched alkanes of at least 4 members (excludes halogenated alkanes) is 3. The fourth-order valence-corrected chi connectivity index (χ4v) is 1.46. The van der Waals surface area contributed by atoms with E-state index >= 15 is 0 Å². The molecule has 0 aliphatic heterocycles. The van der Waals surface area contributed by atoms with Crippen molar-refractivity contribution in [2.24, 2.45) is 0 Å². The molecule has 0 unspecified atom stereocenters. The van der Waals surface area contributed by atoms with Crippen molar-refractivity contribution in [2.75, 3.05) is 0 Å². The SMILES string of the molecule is CCCCCC[n+]1noc([O-])c1CC(=O)O. The van der Waals surface area contributed by atoms with Gasteiger partial charge in [-0.15, -0.1) is 0 Å². The molecule has 0 aliphatic rings. The zero-order valence-electron chi connectivity index (χ0n) is 9.31. The minimum atomic E-state index is -1.05. The van der Waals surface area contributed by atoms with E-state index < -0.39 is 11.9 Å². The highest BCUT2D eigenvalue weighted by molar-refractivity contribution is 5.69. The van der Waals surface area contributed by atoms with E-state index in [9.17, 15) is 9.90 Å². The Morgan fingerprint density at radius 3 is 2.88 bits per heavy atom. The molecular weight excluding hydrogens is 212 g/mol. The third kappa shape index (κ3) is 3.52. The van der Waals surface area contributed by atoms with Crippen LogP contribution in [0, 0.1) is 0 Å². The van der Waals surface area contributed by atoms with Crippen LogP contribution < -0.4 is 9.79 Å². The quantitative estimate of drug-likeness (QED) is 0.533. The van der Waals surface area contributed by atoms with Crippen molar-refractivity contribution < 1.29 is 24.2 Å². The summed E-state index contributed by atoms with van der Waals surface area (Å²) >= 11 is 0. The van der Waals surface area contributed by atoms with E-state index in [1.807, 2.05) is 0 Å². The summed E-state index contributed by atoms with van der Waals surface area (Å²) in [6, 6.07) is 0. The Kier molecular flexibility index (Phi) is 4.75. The molecular formula is C10H16N2O4. The van der Waals surface area contributed by atoms with Crippen LogP contribution >= 0.6 is 0 Å². The largest absolute Gasteiger partial charge is 0.539 e. The molecule has 0 spiro atoms. The normalized spacial score (nSPS) is 10.6. The van der Waals surface area contributed by atoms with Gasteiger partial charge in [-0.2, -0.15) is 0 Å².